The number of benzene rings is 1. The van der Waals surface area contributed by atoms with Crippen LogP contribution in [-0.4, -0.2) is 38.7 Å². The van der Waals surface area contributed by atoms with Gasteiger partial charge in [0.15, 0.2) is 5.65 Å². The van der Waals surface area contributed by atoms with Crippen LogP contribution in [0.4, 0.5) is 0 Å². The van der Waals surface area contributed by atoms with Crippen LogP contribution in [0.2, 0.25) is 0 Å². The van der Waals surface area contributed by atoms with Gasteiger partial charge in [-0.2, -0.15) is 5.10 Å². The van der Waals surface area contributed by atoms with Crippen molar-refractivity contribution in [3.63, 3.8) is 0 Å². The van der Waals surface area contributed by atoms with Gasteiger partial charge in [-0.1, -0.05) is 37.3 Å². The van der Waals surface area contributed by atoms with Gasteiger partial charge in [-0.3, -0.25) is 4.79 Å². The quantitative estimate of drug-likeness (QED) is 0.642. The molecule has 1 fully saturated rings. The van der Waals surface area contributed by atoms with Gasteiger partial charge in [-0.15, -0.1) is 0 Å². The minimum absolute atomic E-state index is 0.123. The maximum Gasteiger partial charge on any atom is 0.254 e. The molecule has 0 unspecified atom stereocenters. The van der Waals surface area contributed by atoms with E-state index >= 15 is 0 Å². The molecule has 4 rings (SSSR count). The van der Waals surface area contributed by atoms with Gasteiger partial charge < -0.3 is 4.90 Å². The van der Waals surface area contributed by atoms with Crippen molar-refractivity contribution in [3.05, 3.63) is 58.9 Å². The van der Waals surface area contributed by atoms with Crippen LogP contribution in [0.15, 0.2) is 36.4 Å². The van der Waals surface area contributed by atoms with E-state index in [0.717, 1.165) is 73.3 Å². The molecule has 1 saturated heterocycles. The molecule has 1 aliphatic rings. The molecule has 0 bridgehead atoms. The second kappa shape index (κ2) is 8.36. The van der Waals surface area contributed by atoms with Crippen molar-refractivity contribution < 1.29 is 4.79 Å². The lowest BCUT2D eigenvalue weighted by molar-refractivity contribution is 0.0692. The van der Waals surface area contributed by atoms with Crippen LogP contribution in [-0.2, 0) is 13.0 Å². The van der Waals surface area contributed by atoms with E-state index in [1.54, 1.807) is 0 Å². The summed E-state index contributed by atoms with van der Waals surface area (Å²) in [5.41, 5.74) is 4.75. The van der Waals surface area contributed by atoms with Gasteiger partial charge in [0.05, 0.1) is 16.6 Å². The Morgan fingerprint density at radius 2 is 1.86 bits per heavy atom. The van der Waals surface area contributed by atoms with Crippen molar-refractivity contribution in [2.24, 2.45) is 5.92 Å². The number of aryl methyl sites for hydroxylation is 3. The van der Waals surface area contributed by atoms with E-state index in [0.29, 0.717) is 5.92 Å². The van der Waals surface area contributed by atoms with Gasteiger partial charge in [-0.05, 0) is 57.1 Å². The highest BCUT2D eigenvalue weighted by molar-refractivity contribution is 6.06. The highest BCUT2D eigenvalue weighted by Gasteiger charge is 2.27. The third-order valence-corrected chi connectivity index (χ3v) is 5.94. The van der Waals surface area contributed by atoms with E-state index < -0.39 is 0 Å². The summed E-state index contributed by atoms with van der Waals surface area (Å²) in [6.45, 7) is 8.53. The van der Waals surface area contributed by atoms with Crippen LogP contribution < -0.4 is 0 Å². The number of carbonyl (C=O) groups is 1. The maximum atomic E-state index is 13.4. The summed E-state index contributed by atoms with van der Waals surface area (Å²) < 4.78 is 1.94. The molecule has 152 valence electrons. The first-order chi connectivity index (χ1) is 14.1. The Morgan fingerprint density at radius 3 is 2.55 bits per heavy atom. The lowest BCUT2D eigenvalue weighted by Crippen LogP contribution is -2.39. The van der Waals surface area contributed by atoms with Crippen molar-refractivity contribution in [2.45, 2.75) is 53.0 Å². The van der Waals surface area contributed by atoms with Gasteiger partial charge in [-0.25, -0.2) is 9.67 Å². The number of likely N-dealkylation sites (tertiary alicyclic amines) is 1. The summed E-state index contributed by atoms with van der Waals surface area (Å²) in [6, 6.07) is 12.6. The molecule has 0 spiro atoms. The molecule has 1 amide bonds. The van der Waals surface area contributed by atoms with Crippen LogP contribution in [0, 0.1) is 19.8 Å². The van der Waals surface area contributed by atoms with Crippen molar-refractivity contribution in [2.75, 3.05) is 13.1 Å². The molecule has 0 saturated carbocycles. The SMILES string of the molecule is CCCn1nc(C)c2c(C(=O)N3CCC(Cc4ccccc4)CC3)cc(C)nc21. The summed E-state index contributed by atoms with van der Waals surface area (Å²) in [7, 11) is 0. The van der Waals surface area contributed by atoms with Crippen LogP contribution in [0.3, 0.4) is 0 Å². The number of rotatable bonds is 5. The number of aromatic nitrogens is 3. The Balaban J connectivity index is 1.52. The highest BCUT2D eigenvalue weighted by Crippen LogP contribution is 2.27. The van der Waals surface area contributed by atoms with E-state index in [9.17, 15) is 4.79 Å². The molecule has 0 atom stereocenters. The summed E-state index contributed by atoms with van der Waals surface area (Å²) in [5, 5.41) is 5.57. The minimum Gasteiger partial charge on any atom is -0.339 e. The van der Waals surface area contributed by atoms with Crippen LogP contribution >= 0.6 is 0 Å². The Labute approximate surface area is 172 Å². The molecule has 2 aromatic heterocycles. The second-order valence-electron chi connectivity index (χ2n) is 8.24. The zero-order valence-electron chi connectivity index (χ0n) is 17.7. The number of carbonyl (C=O) groups excluding carboxylic acids is 1. The van der Waals surface area contributed by atoms with Gasteiger partial charge in [0.25, 0.3) is 5.91 Å². The van der Waals surface area contributed by atoms with Gasteiger partial charge >= 0.3 is 0 Å². The first-order valence-corrected chi connectivity index (χ1v) is 10.7. The monoisotopic (exact) mass is 390 g/mol. The molecule has 1 aromatic carbocycles. The molecule has 5 nitrogen and oxygen atoms in total. The van der Waals surface area contributed by atoms with E-state index in [1.165, 1.54) is 5.56 Å². The highest BCUT2D eigenvalue weighted by atomic mass is 16.2. The molecule has 0 radical (unpaired) electrons. The number of piperidine rings is 1. The van der Waals surface area contributed by atoms with Crippen molar-refractivity contribution in [3.8, 4) is 0 Å². The lowest BCUT2D eigenvalue weighted by Gasteiger charge is -2.32. The molecular formula is C24H30N4O. The fourth-order valence-electron chi connectivity index (χ4n) is 4.47. The van der Waals surface area contributed by atoms with E-state index in [4.69, 9.17) is 4.98 Å². The van der Waals surface area contributed by atoms with Crippen LogP contribution in [0.1, 0.15) is 53.5 Å². The fourth-order valence-corrected chi connectivity index (χ4v) is 4.47. The summed E-state index contributed by atoms with van der Waals surface area (Å²) in [6.07, 6.45) is 4.21. The van der Waals surface area contributed by atoms with Crippen LogP contribution in [0.25, 0.3) is 11.0 Å². The standard InChI is InChI=1S/C24H30N4O/c1-4-12-28-23-22(18(3)26-28)21(15-17(2)25-23)24(29)27-13-10-20(11-14-27)16-19-8-6-5-7-9-19/h5-9,15,20H,4,10-14,16H2,1-3H3. The van der Waals surface area contributed by atoms with E-state index in [1.807, 2.05) is 29.5 Å². The molecule has 3 aromatic rings. The topological polar surface area (TPSA) is 51.0 Å². The van der Waals surface area contributed by atoms with E-state index in [2.05, 4.69) is 42.4 Å². The Morgan fingerprint density at radius 1 is 1.14 bits per heavy atom. The van der Waals surface area contributed by atoms with Gasteiger partial charge in [0.1, 0.15) is 0 Å². The molecule has 5 heteroatoms. The maximum absolute atomic E-state index is 13.4. The predicted octanol–water partition coefficient (Wildman–Crippen LogP) is 4.55. The Kier molecular flexibility index (Phi) is 5.65. The van der Waals surface area contributed by atoms with Gasteiger partial charge in [0, 0.05) is 25.3 Å². The number of hydrogen-bond donors (Lipinski definition) is 0. The first kappa shape index (κ1) is 19.6. The van der Waals surface area contributed by atoms with Crippen molar-refractivity contribution >= 4 is 16.9 Å². The number of pyridine rings is 1. The zero-order chi connectivity index (χ0) is 20.4. The Hall–Kier alpha value is -2.69. The number of nitrogens with zero attached hydrogens (tertiary/aromatic N) is 4. The summed E-state index contributed by atoms with van der Waals surface area (Å²) >= 11 is 0. The average molecular weight is 391 g/mol. The smallest absolute Gasteiger partial charge is 0.254 e. The second-order valence-corrected chi connectivity index (χ2v) is 8.24. The predicted molar refractivity (Wildman–Crippen MR) is 116 cm³/mol. The number of hydrogen-bond acceptors (Lipinski definition) is 3. The summed E-state index contributed by atoms with van der Waals surface area (Å²) in [4.78, 5) is 20.1. The molecule has 29 heavy (non-hydrogen) atoms. The first-order valence-electron chi connectivity index (χ1n) is 10.7. The number of amides is 1. The normalized spacial score (nSPS) is 15.2. The molecule has 0 N–H and O–H groups in total. The molecule has 3 heterocycles. The zero-order valence-corrected chi connectivity index (χ0v) is 17.7. The van der Waals surface area contributed by atoms with Crippen LogP contribution in [0.5, 0.6) is 0 Å². The van der Waals surface area contributed by atoms with Gasteiger partial charge in [0.2, 0.25) is 0 Å². The summed E-state index contributed by atoms with van der Waals surface area (Å²) in [5.74, 6) is 0.771. The molecule has 1 aliphatic heterocycles. The van der Waals surface area contributed by atoms with Crippen molar-refractivity contribution in [1.29, 1.82) is 0 Å². The molecule has 0 aliphatic carbocycles. The largest absolute Gasteiger partial charge is 0.339 e. The van der Waals surface area contributed by atoms with E-state index in [-0.39, 0.29) is 5.91 Å². The Bertz CT molecular complexity index is 1000. The molecular weight excluding hydrogens is 360 g/mol. The minimum atomic E-state index is 0.123. The average Bonchev–Trinajstić information content (AvgIpc) is 3.04. The third-order valence-electron chi connectivity index (χ3n) is 5.94. The number of fused-ring (bicyclic) bond motifs is 1. The lowest BCUT2D eigenvalue weighted by atomic mass is 9.90. The third kappa shape index (κ3) is 4.04. The van der Waals surface area contributed by atoms with Crippen molar-refractivity contribution in [1.82, 2.24) is 19.7 Å². The fraction of sp³-hybridized carbons (Fsp3) is 0.458.